The summed E-state index contributed by atoms with van der Waals surface area (Å²) in [6.45, 7) is 4.97. The standard InChI is InChI=1S/C14H20N2O/c1-2-17-13-6-3-5-12-14(13)15-9-4-10-16(12)11-7-8-11/h3,5-6,11,15H,2,4,7-10H2,1H3. The highest BCUT2D eigenvalue weighted by molar-refractivity contribution is 5.77. The molecular weight excluding hydrogens is 212 g/mol. The predicted molar refractivity (Wildman–Crippen MR) is 71.1 cm³/mol. The van der Waals surface area contributed by atoms with Gasteiger partial charge in [0.1, 0.15) is 11.4 Å². The van der Waals surface area contributed by atoms with Gasteiger partial charge < -0.3 is 15.0 Å². The molecule has 0 atom stereocenters. The van der Waals surface area contributed by atoms with Crippen molar-refractivity contribution in [3.8, 4) is 5.75 Å². The minimum atomic E-state index is 0.724. The fraction of sp³-hybridized carbons (Fsp3) is 0.571. The van der Waals surface area contributed by atoms with E-state index >= 15 is 0 Å². The van der Waals surface area contributed by atoms with Crippen LogP contribution in [0.1, 0.15) is 26.2 Å². The molecule has 92 valence electrons. The van der Waals surface area contributed by atoms with Gasteiger partial charge in [0.25, 0.3) is 0 Å². The Labute approximate surface area is 103 Å². The number of ether oxygens (including phenoxy) is 1. The molecule has 0 aromatic heterocycles. The van der Waals surface area contributed by atoms with E-state index in [9.17, 15) is 0 Å². The van der Waals surface area contributed by atoms with Crippen molar-refractivity contribution in [2.75, 3.05) is 29.9 Å². The molecule has 1 heterocycles. The second-order valence-electron chi connectivity index (χ2n) is 4.79. The Hall–Kier alpha value is -1.38. The lowest BCUT2D eigenvalue weighted by Crippen LogP contribution is -2.26. The van der Waals surface area contributed by atoms with E-state index in [4.69, 9.17) is 4.74 Å². The zero-order chi connectivity index (χ0) is 11.7. The Morgan fingerprint density at radius 2 is 2.29 bits per heavy atom. The first-order valence-electron chi connectivity index (χ1n) is 6.66. The van der Waals surface area contributed by atoms with Crippen LogP contribution >= 0.6 is 0 Å². The highest BCUT2D eigenvalue weighted by Gasteiger charge is 2.31. The van der Waals surface area contributed by atoms with Crippen molar-refractivity contribution >= 4 is 11.4 Å². The first-order chi connectivity index (χ1) is 8.40. The predicted octanol–water partition coefficient (Wildman–Crippen LogP) is 2.87. The third-order valence-corrected chi connectivity index (χ3v) is 3.48. The molecule has 1 N–H and O–H groups in total. The summed E-state index contributed by atoms with van der Waals surface area (Å²) < 4.78 is 5.72. The second-order valence-corrected chi connectivity index (χ2v) is 4.79. The van der Waals surface area contributed by atoms with Gasteiger partial charge in [-0.2, -0.15) is 0 Å². The molecule has 1 aliphatic carbocycles. The maximum atomic E-state index is 5.72. The molecule has 0 saturated heterocycles. The van der Waals surface area contributed by atoms with Crippen LogP contribution in [-0.2, 0) is 0 Å². The topological polar surface area (TPSA) is 24.5 Å². The number of benzene rings is 1. The van der Waals surface area contributed by atoms with Crippen LogP contribution in [-0.4, -0.2) is 25.7 Å². The maximum absolute atomic E-state index is 5.72. The van der Waals surface area contributed by atoms with Crippen LogP contribution in [0.25, 0.3) is 0 Å². The number of hydrogen-bond acceptors (Lipinski definition) is 3. The van der Waals surface area contributed by atoms with Crippen LogP contribution in [0, 0.1) is 0 Å². The lowest BCUT2D eigenvalue weighted by molar-refractivity contribution is 0.342. The molecule has 1 aliphatic heterocycles. The Balaban J connectivity index is 1.98. The normalized spacial score (nSPS) is 19.2. The zero-order valence-corrected chi connectivity index (χ0v) is 10.4. The fourth-order valence-electron chi connectivity index (χ4n) is 2.56. The molecule has 1 aromatic carbocycles. The van der Waals surface area contributed by atoms with Crippen molar-refractivity contribution < 1.29 is 4.74 Å². The average molecular weight is 232 g/mol. The smallest absolute Gasteiger partial charge is 0.144 e. The molecule has 3 nitrogen and oxygen atoms in total. The summed E-state index contributed by atoms with van der Waals surface area (Å²) in [4.78, 5) is 2.55. The summed E-state index contributed by atoms with van der Waals surface area (Å²) >= 11 is 0. The quantitative estimate of drug-likeness (QED) is 0.867. The largest absolute Gasteiger partial charge is 0.492 e. The Bertz CT molecular complexity index is 401. The number of rotatable bonds is 3. The first kappa shape index (κ1) is 10.8. The van der Waals surface area contributed by atoms with Crippen LogP contribution in [0.15, 0.2) is 18.2 Å². The number of nitrogens with zero attached hydrogens (tertiary/aromatic N) is 1. The number of fused-ring (bicyclic) bond motifs is 1. The summed E-state index contributed by atoms with van der Waals surface area (Å²) in [5.74, 6) is 0.998. The average Bonchev–Trinajstić information content (AvgIpc) is 3.15. The summed E-state index contributed by atoms with van der Waals surface area (Å²) in [5, 5.41) is 3.52. The van der Waals surface area contributed by atoms with Crippen molar-refractivity contribution in [2.24, 2.45) is 0 Å². The summed E-state index contributed by atoms with van der Waals surface area (Å²) in [7, 11) is 0. The molecule has 1 saturated carbocycles. The van der Waals surface area contributed by atoms with E-state index in [-0.39, 0.29) is 0 Å². The zero-order valence-electron chi connectivity index (χ0n) is 10.4. The fourth-order valence-corrected chi connectivity index (χ4v) is 2.56. The van der Waals surface area contributed by atoms with Gasteiger partial charge in [-0.05, 0) is 38.3 Å². The molecule has 3 rings (SSSR count). The van der Waals surface area contributed by atoms with Crippen LogP contribution in [0.4, 0.5) is 11.4 Å². The molecule has 1 fully saturated rings. The molecular formula is C14H20N2O. The number of nitrogens with one attached hydrogen (secondary N) is 1. The van der Waals surface area contributed by atoms with Gasteiger partial charge >= 0.3 is 0 Å². The van der Waals surface area contributed by atoms with Crippen LogP contribution < -0.4 is 15.0 Å². The van der Waals surface area contributed by atoms with E-state index in [1.807, 2.05) is 6.92 Å². The van der Waals surface area contributed by atoms with E-state index in [1.165, 1.54) is 37.2 Å². The SMILES string of the molecule is CCOc1cccc2c1NCCCN2C1CC1. The van der Waals surface area contributed by atoms with E-state index in [1.54, 1.807) is 0 Å². The van der Waals surface area contributed by atoms with Gasteiger partial charge in [-0.1, -0.05) is 6.07 Å². The van der Waals surface area contributed by atoms with Crippen LogP contribution in [0.3, 0.4) is 0 Å². The van der Waals surface area contributed by atoms with E-state index < -0.39 is 0 Å². The number of hydrogen-bond donors (Lipinski definition) is 1. The molecule has 0 unspecified atom stereocenters. The highest BCUT2D eigenvalue weighted by atomic mass is 16.5. The number of para-hydroxylation sites is 1. The summed E-state index contributed by atoms with van der Waals surface area (Å²) in [5.41, 5.74) is 2.52. The van der Waals surface area contributed by atoms with Crippen molar-refractivity contribution in [2.45, 2.75) is 32.2 Å². The molecule has 2 aliphatic rings. The van der Waals surface area contributed by atoms with Gasteiger partial charge in [-0.25, -0.2) is 0 Å². The third kappa shape index (κ3) is 2.06. The van der Waals surface area contributed by atoms with Crippen molar-refractivity contribution in [3.05, 3.63) is 18.2 Å². The van der Waals surface area contributed by atoms with Gasteiger partial charge in [-0.3, -0.25) is 0 Å². The monoisotopic (exact) mass is 232 g/mol. The minimum absolute atomic E-state index is 0.724. The van der Waals surface area contributed by atoms with Crippen molar-refractivity contribution in [3.63, 3.8) is 0 Å². The molecule has 1 aromatic rings. The molecule has 0 radical (unpaired) electrons. The molecule has 17 heavy (non-hydrogen) atoms. The maximum Gasteiger partial charge on any atom is 0.144 e. The third-order valence-electron chi connectivity index (χ3n) is 3.48. The lowest BCUT2D eigenvalue weighted by Gasteiger charge is -2.25. The number of anilines is 2. The van der Waals surface area contributed by atoms with E-state index in [0.29, 0.717) is 0 Å². The Morgan fingerprint density at radius 1 is 1.41 bits per heavy atom. The van der Waals surface area contributed by atoms with Gasteiger partial charge in [0.05, 0.1) is 12.3 Å². The Kier molecular flexibility index (Phi) is 2.83. The van der Waals surface area contributed by atoms with Crippen molar-refractivity contribution in [1.29, 1.82) is 0 Å². The van der Waals surface area contributed by atoms with Gasteiger partial charge in [-0.15, -0.1) is 0 Å². The van der Waals surface area contributed by atoms with Crippen LogP contribution in [0.2, 0.25) is 0 Å². The van der Waals surface area contributed by atoms with E-state index in [0.717, 1.165) is 24.9 Å². The molecule has 3 heteroatoms. The van der Waals surface area contributed by atoms with Crippen molar-refractivity contribution in [1.82, 2.24) is 0 Å². The summed E-state index contributed by atoms with van der Waals surface area (Å²) in [6, 6.07) is 7.15. The lowest BCUT2D eigenvalue weighted by atomic mass is 10.2. The first-order valence-corrected chi connectivity index (χ1v) is 6.66. The van der Waals surface area contributed by atoms with Gasteiger partial charge in [0.15, 0.2) is 0 Å². The molecule has 0 amide bonds. The highest BCUT2D eigenvalue weighted by Crippen LogP contribution is 2.41. The van der Waals surface area contributed by atoms with Gasteiger partial charge in [0, 0.05) is 19.1 Å². The minimum Gasteiger partial charge on any atom is -0.492 e. The van der Waals surface area contributed by atoms with Gasteiger partial charge in [0.2, 0.25) is 0 Å². The van der Waals surface area contributed by atoms with Crippen LogP contribution in [0.5, 0.6) is 5.75 Å². The molecule has 0 spiro atoms. The Morgan fingerprint density at radius 3 is 3.06 bits per heavy atom. The molecule has 0 bridgehead atoms. The van der Waals surface area contributed by atoms with E-state index in [2.05, 4.69) is 28.4 Å². The second kappa shape index (κ2) is 4.47. The summed E-state index contributed by atoms with van der Waals surface area (Å²) in [6.07, 6.45) is 3.90.